The van der Waals surface area contributed by atoms with Gasteiger partial charge in [-0.15, -0.1) is 0 Å². The number of hydrogen-bond acceptors (Lipinski definition) is 3. The number of nitrogens with one attached hydrogen (secondary N) is 2. The van der Waals surface area contributed by atoms with Gasteiger partial charge in [0.25, 0.3) is 0 Å². The van der Waals surface area contributed by atoms with Gasteiger partial charge in [0.2, 0.25) is 0 Å². The van der Waals surface area contributed by atoms with E-state index in [4.69, 9.17) is 0 Å². The second kappa shape index (κ2) is 9.34. The number of halogens is 3. The molecular weight excluding hydrogens is 405 g/mol. The molecule has 0 radical (unpaired) electrons. The third kappa shape index (κ3) is 5.85. The number of piperidine rings is 1. The summed E-state index contributed by atoms with van der Waals surface area (Å²) in [6.07, 6.45) is 1.39. The number of rotatable bonds is 5. The zero-order valence-corrected chi connectivity index (χ0v) is 18.0. The predicted molar refractivity (Wildman–Crippen MR) is 108 cm³/mol. The Balaban J connectivity index is 1.85. The van der Waals surface area contributed by atoms with Gasteiger partial charge in [0.05, 0.1) is 0 Å². The van der Waals surface area contributed by atoms with E-state index in [-0.39, 0.29) is 32.0 Å². The molecular formula is C19H29F3N4O2S. The second-order valence-electron chi connectivity index (χ2n) is 7.39. The second-order valence-corrected chi connectivity index (χ2v) is 9.32. The molecule has 0 spiro atoms. The molecule has 0 atom stereocenters. The van der Waals surface area contributed by atoms with E-state index in [0.29, 0.717) is 16.8 Å². The molecule has 6 nitrogen and oxygen atoms in total. The SMILES string of the molecule is CN=C(NCCc1c(C)cc(C)cc1C)NC1CCN(S(=O)(=O)C(F)(F)F)CC1. The van der Waals surface area contributed by atoms with E-state index >= 15 is 0 Å². The quantitative estimate of drug-likeness (QED) is 0.552. The summed E-state index contributed by atoms with van der Waals surface area (Å²) in [7, 11) is -3.63. The van der Waals surface area contributed by atoms with Crippen molar-refractivity contribution in [1.82, 2.24) is 14.9 Å². The Hall–Kier alpha value is -1.81. The fourth-order valence-corrected chi connectivity index (χ4v) is 4.67. The molecule has 0 unspecified atom stereocenters. The third-order valence-electron chi connectivity index (χ3n) is 5.16. The van der Waals surface area contributed by atoms with Gasteiger partial charge in [-0.2, -0.15) is 17.5 Å². The van der Waals surface area contributed by atoms with Crippen molar-refractivity contribution >= 4 is 16.0 Å². The summed E-state index contributed by atoms with van der Waals surface area (Å²) in [5.74, 6) is 0.560. The molecule has 1 heterocycles. The number of hydrogen-bond donors (Lipinski definition) is 2. The van der Waals surface area contributed by atoms with E-state index in [1.54, 1.807) is 7.05 Å². The van der Waals surface area contributed by atoms with Crippen LogP contribution in [0.3, 0.4) is 0 Å². The number of sulfonamides is 1. The van der Waals surface area contributed by atoms with Crippen LogP contribution in [-0.2, 0) is 16.4 Å². The minimum absolute atomic E-state index is 0.135. The zero-order valence-electron chi connectivity index (χ0n) is 17.2. The van der Waals surface area contributed by atoms with Gasteiger partial charge in [-0.25, -0.2) is 8.42 Å². The van der Waals surface area contributed by atoms with E-state index in [1.165, 1.54) is 22.3 Å². The van der Waals surface area contributed by atoms with Crippen molar-refractivity contribution in [1.29, 1.82) is 0 Å². The van der Waals surface area contributed by atoms with Crippen molar-refractivity contribution in [3.8, 4) is 0 Å². The van der Waals surface area contributed by atoms with Gasteiger partial charge in [0.15, 0.2) is 5.96 Å². The van der Waals surface area contributed by atoms with Crippen LogP contribution in [0.4, 0.5) is 13.2 Å². The monoisotopic (exact) mass is 434 g/mol. The van der Waals surface area contributed by atoms with Gasteiger partial charge in [-0.05, 0) is 56.7 Å². The molecule has 1 saturated heterocycles. The van der Waals surface area contributed by atoms with Crippen molar-refractivity contribution in [2.75, 3.05) is 26.7 Å². The maximum absolute atomic E-state index is 12.7. The van der Waals surface area contributed by atoms with Crippen molar-refractivity contribution in [2.24, 2.45) is 4.99 Å². The topological polar surface area (TPSA) is 73.8 Å². The molecule has 10 heteroatoms. The van der Waals surface area contributed by atoms with Crippen LogP contribution >= 0.6 is 0 Å². The van der Waals surface area contributed by atoms with E-state index < -0.39 is 15.5 Å². The summed E-state index contributed by atoms with van der Waals surface area (Å²) < 4.78 is 61.5. The van der Waals surface area contributed by atoms with Gasteiger partial charge in [0, 0.05) is 32.7 Å². The first-order valence-corrected chi connectivity index (χ1v) is 11.0. The summed E-state index contributed by atoms with van der Waals surface area (Å²) in [5.41, 5.74) is -0.259. The first-order valence-electron chi connectivity index (χ1n) is 9.56. The molecule has 0 aromatic heterocycles. The molecule has 0 amide bonds. The minimum Gasteiger partial charge on any atom is -0.356 e. The summed E-state index contributed by atoms with van der Waals surface area (Å²) >= 11 is 0. The van der Waals surface area contributed by atoms with Crippen molar-refractivity contribution in [3.63, 3.8) is 0 Å². The molecule has 1 aromatic carbocycles. The van der Waals surface area contributed by atoms with Crippen LogP contribution in [0.2, 0.25) is 0 Å². The van der Waals surface area contributed by atoms with Crippen LogP contribution in [0.5, 0.6) is 0 Å². The number of aliphatic imine (C=N–C) groups is 1. The molecule has 2 rings (SSSR count). The van der Waals surface area contributed by atoms with Crippen LogP contribution in [0.1, 0.15) is 35.1 Å². The average molecular weight is 435 g/mol. The van der Waals surface area contributed by atoms with Crippen LogP contribution in [0.15, 0.2) is 17.1 Å². The first kappa shape index (κ1) is 23.5. The Bertz CT molecular complexity index is 822. The molecule has 1 aliphatic heterocycles. The minimum atomic E-state index is -5.25. The number of aryl methyl sites for hydroxylation is 3. The maximum Gasteiger partial charge on any atom is 0.511 e. The summed E-state index contributed by atoms with van der Waals surface area (Å²) in [6.45, 7) is 6.57. The smallest absolute Gasteiger partial charge is 0.356 e. The largest absolute Gasteiger partial charge is 0.511 e. The average Bonchev–Trinajstić information content (AvgIpc) is 2.62. The van der Waals surface area contributed by atoms with Crippen molar-refractivity contribution in [3.05, 3.63) is 34.4 Å². The van der Waals surface area contributed by atoms with Crippen molar-refractivity contribution < 1.29 is 21.6 Å². The molecule has 29 heavy (non-hydrogen) atoms. The predicted octanol–water partition coefficient (Wildman–Crippen LogP) is 2.63. The highest BCUT2D eigenvalue weighted by atomic mass is 32.2. The lowest BCUT2D eigenvalue weighted by molar-refractivity contribution is -0.0494. The van der Waals surface area contributed by atoms with E-state index in [2.05, 4.69) is 48.5 Å². The van der Waals surface area contributed by atoms with Gasteiger partial charge in [0.1, 0.15) is 0 Å². The maximum atomic E-state index is 12.7. The zero-order chi connectivity index (χ0) is 21.8. The molecule has 0 saturated carbocycles. The summed E-state index contributed by atoms with van der Waals surface area (Å²) in [4.78, 5) is 4.16. The molecule has 1 fully saturated rings. The number of guanidine groups is 1. The molecule has 164 valence electrons. The number of nitrogens with zero attached hydrogens (tertiary/aromatic N) is 2. The van der Waals surface area contributed by atoms with Crippen molar-refractivity contribution in [2.45, 2.75) is 51.6 Å². The van der Waals surface area contributed by atoms with Gasteiger partial charge >= 0.3 is 15.5 Å². The first-order chi connectivity index (χ1) is 13.5. The molecule has 0 bridgehead atoms. The third-order valence-corrected chi connectivity index (χ3v) is 6.79. The Morgan fingerprint density at radius 3 is 2.21 bits per heavy atom. The lowest BCUT2D eigenvalue weighted by Crippen LogP contribution is -2.51. The lowest BCUT2D eigenvalue weighted by atomic mass is 9.97. The number of alkyl halides is 3. The lowest BCUT2D eigenvalue weighted by Gasteiger charge is -2.32. The fourth-order valence-electron chi connectivity index (χ4n) is 3.69. The molecule has 2 N–H and O–H groups in total. The van der Waals surface area contributed by atoms with E-state index in [1.807, 2.05) is 0 Å². The fraction of sp³-hybridized carbons (Fsp3) is 0.632. The Morgan fingerprint density at radius 1 is 1.17 bits per heavy atom. The summed E-state index contributed by atoms with van der Waals surface area (Å²) in [5, 5.41) is 6.40. The van der Waals surface area contributed by atoms with Gasteiger partial charge in [-0.1, -0.05) is 17.7 Å². The van der Waals surface area contributed by atoms with E-state index in [0.717, 1.165) is 6.42 Å². The van der Waals surface area contributed by atoms with Gasteiger partial charge in [-0.3, -0.25) is 4.99 Å². The highest BCUT2D eigenvalue weighted by molar-refractivity contribution is 7.90. The Morgan fingerprint density at radius 2 is 1.72 bits per heavy atom. The highest BCUT2D eigenvalue weighted by Gasteiger charge is 2.50. The molecule has 1 aromatic rings. The Kier molecular flexibility index (Phi) is 7.56. The van der Waals surface area contributed by atoms with Gasteiger partial charge < -0.3 is 10.6 Å². The van der Waals surface area contributed by atoms with Crippen LogP contribution in [-0.4, -0.2) is 56.9 Å². The highest BCUT2D eigenvalue weighted by Crippen LogP contribution is 2.28. The van der Waals surface area contributed by atoms with Crippen LogP contribution in [0, 0.1) is 20.8 Å². The molecule has 1 aliphatic rings. The normalized spacial score (nSPS) is 17.4. The molecule has 0 aliphatic carbocycles. The summed E-state index contributed by atoms with van der Waals surface area (Å²) in [6, 6.07) is 4.17. The standard InChI is InChI=1S/C19H29F3N4O2S/c1-13-11-14(2)17(15(3)12-13)5-8-24-18(23-4)25-16-6-9-26(10-7-16)29(27,28)19(20,21)22/h11-12,16H,5-10H2,1-4H3,(H2,23,24,25). The number of benzene rings is 1. The van der Waals surface area contributed by atoms with Crippen LogP contribution in [0.25, 0.3) is 0 Å². The van der Waals surface area contributed by atoms with Crippen LogP contribution < -0.4 is 10.6 Å². The van der Waals surface area contributed by atoms with E-state index in [9.17, 15) is 21.6 Å². The Labute approximate surface area is 170 Å².